The van der Waals surface area contributed by atoms with Gasteiger partial charge in [0.05, 0.1) is 24.9 Å². The second-order valence-corrected chi connectivity index (χ2v) is 7.33. The van der Waals surface area contributed by atoms with Crippen molar-refractivity contribution in [3.63, 3.8) is 0 Å². The Morgan fingerprint density at radius 2 is 2.10 bits per heavy atom. The first-order valence-electron chi connectivity index (χ1n) is 10.1. The molecule has 1 amide bonds. The summed E-state index contributed by atoms with van der Waals surface area (Å²) >= 11 is 0. The Balaban J connectivity index is 1.60. The third-order valence-electron chi connectivity index (χ3n) is 5.16. The van der Waals surface area contributed by atoms with Crippen LogP contribution >= 0.6 is 0 Å². The largest absolute Gasteiger partial charge is 0.494 e. The van der Waals surface area contributed by atoms with Gasteiger partial charge in [0, 0.05) is 30.8 Å². The number of carbonyl (C=O) groups excluding carboxylic acids is 1. The summed E-state index contributed by atoms with van der Waals surface area (Å²) in [5, 5.41) is 11.9. The number of ether oxygens (including phenoxy) is 1. The van der Waals surface area contributed by atoms with Gasteiger partial charge in [-0.2, -0.15) is 4.98 Å². The van der Waals surface area contributed by atoms with Crippen LogP contribution in [0.4, 0.5) is 21.8 Å². The monoisotopic (exact) mass is 426 g/mol. The Morgan fingerprint density at radius 1 is 1.32 bits per heavy atom. The van der Waals surface area contributed by atoms with Gasteiger partial charge in [-0.1, -0.05) is 11.8 Å². The van der Waals surface area contributed by atoms with Gasteiger partial charge in [0.25, 0.3) is 0 Å². The average Bonchev–Trinajstić information content (AvgIpc) is 2.75. The van der Waals surface area contributed by atoms with E-state index >= 15 is 0 Å². The van der Waals surface area contributed by atoms with Gasteiger partial charge in [0.2, 0.25) is 11.9 Å². The van der Waals surface area contributed by atoms with E-state index in [1.54, 1.807) is 26.4 Å². The standard InChI is InChI=1S/C22H27FN6O2/c1-13(24-2)21(30)27-17-9-14(10-17)5-6-15-12-26-22(29-20(15)25-3)28-16-7-8-19(31-4)18(23)11-16/h7-8,11-14,17,24H,9-10H2,1-4H3,(H,27,30)(H2,25,26,28,29)/t13-,14?,17?/m0/s1. The van der Waals surface area contributed by atoms with Crippen LogP contribution in [0.25, 0.3) is 0 Å². The van der Waals surface area contributed by atoms with E-state index in [9.17, 15) is 9.18 Å². The number of benzene rings is 1. The van der Waals surface area contributed by atoms with Gasteiger partial charge in [-0.05, 0) is 38.9 Å². The first kappa shape index (κ1) is 22.3. The maximum atomic E-state index is 13.9. The molecule has 164 valence electrons. The van der Waals surface area contributed by atoms with Crippen LogP contribution < -0.4 is 26.0 Å². The zero-order valence-corrected chi connectivity index (χ0v) is 18.0. The lowest BCUT2D eigenvalue weighted by Gasteiger charge is -2.33. The zero-order chi connectivity index (χ0) is 22.4. The molecule has 0 saturated heterocycles. The summed E-state index contributed by atoms with van der Waals surface area (Å²) < 4.78 is 18.8. The van der Waals surface area contributed by atoms with E-state index in [4.69, 9.17) is 4.74 Å². The Hall–Kier alpha value is -3.38. The number of methoxy groups -OCH3 is 1. The van der Waals surface area contributed by atoms with E-state index in [-0.39, 0.29) is 29.7 Å². The first-order valence-corrected chi connectivity index (χ1v) is 10.1. The lowest BCUT2D eigenvalue weighted by atomic mass is 9.80. The van der Waals surface area contributed by atoms with Crippen molar-refractivity contribution in [2.75, 3.05) is 31.8 Å². The van der Waals surface area contributed by atoms with E-state index in [1.807, 2.05) is 6.92 Å². The Kier molecular flexibility index (Phi) is 7.26. The number of rotatable bonds is 7. The SMILES string of the molecule is CNc1nc(Nc2ccc(OC)c(F)c2)ncc1C#CC1CC(NC(=O)[C@H](C)NC)C1. The summed E-state index contributed by atoms with van der Waals surface area (Å²) in [6.45, 7) is 1.83. The third kappa shape index (κ3) is 5.61. The number of carbonyl (C=O) groups is 1. The number of hydrogen-bond donors (Lipinski definition) is 4. The molecule has 1 saturated carbocycles. The first-order chi connectivity index (χ1) is 14.9. The quantitative estimate of drug-likeness (QED) is 0.504. The van der Waals surface area contributed by atoms with Crippen molar-refractivity contribution in [2.45, 2.75) is 31.8 Å². The molecule has 0 unspecified atom stereocenters. The molecule has 1 fully saturated rings. The fourth-order valence-corrected chi connectivity index (χ4v) is 3.09. The molecule has 0 aliphatic heterocycles. The van der Waals surface area contributed by atoms with Crippen LogP contribution in [0.1, 0.15) is 25.3 Å². The number of nitrogens with zero attached hydrogens (tertiary/aromatic N) is 2. The van der Waals surface area contributed by atoms with Crippen molar-refractivity contribution in [3.8, 4) is 17.6 Å². The normalized spacial score (nSPS) is 18.1. The molecule has 1 heterocycles. The number of likely N-dealkylation sites (N-methyl/N-ethyl adjacent to an activating group) is 1. The van der Waals surface area contributed by atoms with Crippen molar-refractivity contribution >= 4 is 23.4 Å². The molecular weight excluding hydrogens is 399 g/mol. The van der Waals surface area contributed by atoms with Crippen molar-refractivity contribution in [1.82, 2.24) is 20.6 Å². The lowest BCUT2D eigenvalue weighted by Crippen LogP contribution is -2.49. The zero-order valence-electron chi connectivity index (χ0n) is 18.0. The summed E-state index contributed by atoms with van der Waals surface area (Å²) in [5.41, 5.74) is 1.18. The third-order valence-corrected chi connectivity index (χ3v) is 5.16. The van der Waals surface area contributed by atoms with E-state index < -0.39 is 5.82 Å². The molecule has 8 nitrogen and oxygen atoms in total. The van der Waals surface area contributed by atoms with Crippen molar-refractivity contribution < 1.29 is 13.9 Å². The van der Waals surface area contributed by atoms with Gasteiger partial charge >= 0.3 is 0 Å². The Morgan fingerprint density at radius 3 is 2.74 bits per heavy atom. The smallest absolute Gasteiger partial charge is 0.237 e. The summed E-state index contributed by atoms with van der Waals surface area (Å²) in [5.74, 6) is 7.17. The summed E-state index contributed by atoms with van der Waals surface area (Å²) in [7, 11) is 4.93. The molecule has 2 aromatic rings. The minimum atomic E-state index is -0.473. The maximum absolute atomic E-state index is 13.9. The topological polar surface area (TPSA) is 100 Å². The van der Waals surface area contributed by atoms with Crippen molar-refractivity contribution in [1.29, 1.82) is 0 Å². The fourth-order valence-electron chi connectivity index (χ4n) is 3.09. The molecule has 1 aliphatic carbocycles. The van der Waals surface area contributed by atoms with Gasteiger partial charge < -0.3 is 26.0 Å². The molecule has 1 atom stereocenters. The van der Waals surface area contributed by atoms with Gasteiger partial charge in [0.1, 0.15) is 5.82 Å². The molecule has 3 rings (SSSR count). The number of nitrogens with one attached hydrogen (secondary N) is 4. The van der Waals surface area contributed by atoms with Crippen LogP contribution in [0.15, 0.2) is 24.4 Å². The van der Waals surface area contributed by atoms with Crippen LogP contribution in [0.3, 0.4) is 0 Å². The van der Waals surface area contributed by atoms with Crippen molar-refractivity contribution in [2.24, 2.45) is 5.92 Å². The van der Waals surface area contributed by atoms with E-state index in [2.05, 4.69) is 43.1 Å². The predicted octanol–water partition coefficient (Wildman–Crippen LogP) is 2.26. The molecule has 0 radical (unpaired) electrons. The molecule has 0 bridgehead atoms. The minimum absolute atomic E-state index is 0.00427. The average molecular weight is 426 g/mol. The maximum Gasteiger partial charge on any atom is 0.237 e. The van der Waals surface area contributed by atoms with Crippen LogP contribution in [0.5, 0.6) is 5.75 Å². The Bertz CT molecular complexity index is 997. The lowest BCUT2D eigenvalue weighted by molar-refractivity contribution is -0.124. The summed E-state index contributed by atoms with van der Waals surface area (Å²) in [6, 6.07) is 4.49. The fraction of sp³-hybridized carbons (Fsp3) is 0.409. The molecule has 1 aromatic carbocycles. The van der Waals surface area contributed by atoms with E-state index in [0.29, 0.717) is 23.0 Å². The molecule has 9 heteroatoms. The van der Waals surface area contributed by atoms with Crippen LogP contribution in [-0.2, 0) is 4.79 Å². The number of halogens is 1. The highest BCUT2D eigenvalue weighted by atomic mass is 19.1. The molecule has 0 spiro atoms. The second-order valence-electron chi connectivity index (χ2n) is 7.33. The highest BCUT2D eigenvalue weighted by Gasteiger charge is 2.29. The number of hydrogen-bond acceptors (Lipinski definition) is 7. The molecule has 4 N–H and O–H groups in total. The molecular formula is C22H27FN6O2. The molecule has 31 heavy (non-hydrogen) atoms. The van der Waals surface area contributed by atoms with E-state index in [0.717, 1.165) is 12.8 Å². The Labute approximate surface area is 181 Å². The number of amides is 1. The van der Waals surface area contributed by atoms with Gasteiger partial charge in [-0.15, -0.1) is 0 Å². The second kappa shape index (κ2) is 10.1. The van der Waals surface area contributed by atoms with Crippen molar-refractivity contribution in [3.05, 3.63) is 35.8 Å². The van der Waals surface area contributed by atoms with Crippen LogP contribution in [0, 0.1) is 23.6 Å². The highest BCUT2D eigenvalue weighted by Crippen LogP contribution is 2.27. The summed E-state index contributed by atoms with van der Waals surface area (Å²) in [4.78, 5) is 20.6. The van der Waals surface area contributed by atoms with Gasteiger partial charge in [-0.25, -0.2) is 9.37 Å². The number of aromatic nitrogens is 2. The van der Waals surface area contributed by atoms with Gasteiger partial charge in [0.15, 0.2) is 11.6 Å². The predicted molar refractivity (Wildman–Crippen MR) is 118 cm³/mol. The molecule has 1 aliphatic rings. The van der Waals surface area contributed by atoms with Crippen LogP contribution in [0.2, 0.25) is 0 Å². The highest BCUT2D eigenvalue weighted by molar-refractivity contribution is 5.81. The molecule has 1 aromatic heterocycles. The van der Waals surface area contributed by atoms with Gasteiger partial charge in [-0.3, -0.25) is 4.79 Å². The minimum Gasteiger partial charge on any atom is -0.494 e. The number of anilines is 3. The van der Waals surface area contributed by atoms with E-state index in [1.165, 1.54) is 19.2 Å². The van der Waals surface area contributed by atoms with Crippen LogP contribution in [-0.4, -0.2) is 49.2 Å². The summed E-state index contributed by atoms with van der Waals surface area (Å²) in [6.07, 6.45) is 3.28.